The summed E-state index contributed by atoms with van der Waals surface area (Å²) < 4.78 is 5.76. The molecule has 0 atom stereocenters. The lowest BCUT2D eigenvalue weighted by Crippen LogP contribution is -2.05. The largest absolute Gasteiger partial charge is 0.458 e. The van der Waals surface area contributed by atoms with E-state index in [1.54, 1.807) is 18.2 Å². The summed E-state index contributed by atoms with van der Waals surface area (Å²) in [5.74, 6) is 0.226. The first-order valence-corrected chi connectivity index (χ1v) is 7.99. The van der Waals surface area contributed by atoms with Crippen molar-refractivity contribution in [1.82, 2.24) is 9.97 Å². The second-order valence-electron chi connectivity index (χ2n) is 4.81. The Bertz CT molecular complexity index is 905. The molecular weight excluding hydrogens is 380 g/mol. The van der Waals surface area contributed by atoms with Crippen LogP contribution in [0.25, 0.3) is 22.4 Å². The van der Waals surface area contributed by atoms with Crippen LogP contribution in [0.5, 0.6) is 0 Å². The Hall–Kier alpha value is -2.11. The van der Waals surface area contributed by atoms with Gasteiger partial charge in [-0.3, -0.25) is 0 Å². The van der Waals surface area contributed by atoms with Gasteiger partial charge >= 0.3 is 5.97 Å². The van der Waals surface area contributed by atoms with Crippen molar-refractivity contribution in [2.24, 2.45) is 0 Å². The van der Waals surface area contributed by atoms with E-state index in [4.69, 9.17) is 16.3 Å². The Balaban J connectivity index is 2.06. The Kier molecular flexibility index (Phi) is 4.50. The highest BCUT2D eigenvalue weighted by Gasteiger charge is 2.15. The summed E-state index contributed by atoms with van der Waals surface area (Å²) in [5, 5.41) is 0.605. The van der Waals surface area contributed by atoms with E-state index < -0.39 is 5.97 Å². The van der Waals surface area contributed by atoms with Crippen molar-refractivity contribution in [3.8, 4) is 11.4 Å². The van der Waals surface area contributed by atoms with Crippen LogP contribution >= 0.6 is 27.5 Å². The van der Waals surface area contributed by atoms with Crippen LogP contribution in [0.4, 0.5) is 0 Å². The lowest BCUT2D eigenvalue weighted by Gasteiger charge is -2.02. The average Bonchev–Trinajstić information content (AvgIpc) is 2.97. The standard InChI is InChI=1S/C17H12BrClN2O2/c1-2-7-23-17(22)10-8-12(18)15-14(9-10)20-16(21-15)11-5-3-4-6-13(11)19/h2-6,8-9H,1,7H2,(H,20,21). The van der Waals surface area contributed by atoms with Crippen LogP contribution in [0.2, 0.25) is 5.02 Å². The molecule has 0 radical (unpaired) electrons. The van der Waals surface area contributed by atoms with E-state index in [2.05, 4.69) is 32.5 Å². The van der Waals surface area contributed by atoms with Crippen molar-refractivity contribution >= 4 is 44.5 Å². The maximum absolute atomic E-state index is 12.0. The fourth-order valence-corrected chi connectivity index (χ4v) is 2.97. The van der Waals surface area contributed by atoms with E-state index >= 15 is 0 Å². The molecule has 1 N–H and O–H groups in total. The summed E-state index contributed by atoms with van der Waals surface area (Å²) in [6.07, 6.45) is 1.52. The van der Waals surface area contributed by atoms with Gasteiger partial charge in [0, 0.05) is 10.0 Å². The number of carbonyl (C=O) groups excluding carboxylic acids is 1. The number of carbonyl (C=O) groups is 1. The van der Waals surface area contributed by atoms with Gasteiger partial charge in [0.1, 0.15) is 17.9 Å². The topological polar surface area (TPSA) is 55.0 Å². The molecule has 0 unspecified atom stereocenters. The number of halogens is 2. The molecule has 4 nitrogen and oxygen atoms in total. The molecule has 2 aromatic carbocycles. The Labute approximate surface area is 146 Å². The maximum Gasteiger partial charge on any atom is 0.338 e. The predicted octanol–water partition coefficient (Wildman–Crippen LogP) is 4.99. The molecule has 0 aliphatic heterocycles. The third-order valence-electron chi connectivity index (χ3n) is 3.24. The van der Waals surface area contributed by atoms with E-state index in [9.17, 15) is 4.79 Å². The minimum atomic E-state index is -0.415. The highest BCUT2D eigenvalue weighted by atomic mass is 79.9. The number of nitrogens with one attached hydrogen (secondary N) is 1. The van der Waals surface area contributed by atoms with Gasteiger partial charge < -0.3 is 9.72 Å². The fourth-order valence-electron chi connectivity index (χ4n) is 2.19. The molecule has 0 aliphatic carbocycles. The minimum Gasteiger partial charge on any atom is -0.458 e. The molecule has 3 aromatic rings. The molecule has 0 aliphatic rings. The second kappa shape index (κ2) is 6.56. The van der Waals surface area contributed by atoms with E-state index in [1.165, 1.54) is 6.08 Å². The van der Waals surface area contributed by atoms with Gasteiger partial charge in [-0.1, -0.05) is 36.4 Å². The normalized spacial score (nSPS) is 10.7. The third-order valence-corrected chi connectivity index (χ3v) is 4.17. The smallest absolute Gasteiger partial charge is 0.338 e. The molecule has 0 saturated carbocycles. The van der Waals surface area contributed by atoms with Crippen molar-refractivity contribution in [3.63, 3.8) is 0 Å². The first-order chi connectivity index (χ1) is 11.1. The molecule has 116 valence electrons. The van der Waals surface area contributed by atoms with Gasteiger partial charge in [0.25, 0.3) is 0 Å². The number of nitrogens with zero attached hydrogens (tertiary/aromatic N) is 1. The van der Waals surface area contributed by atoms with Gasteiger partial charge in [0.2, 0.25) is 0 Å². The average molecular weight is 392 g/mol. The number of aromatic nitrogens is 2. The number of benzene rings is 2. The van der Waals surface area contributed by atoms with E-state index in [0.717, 1.165) is 16.6 Å². The van der Waals surface area contributed by atoms with Gasteiger partial charge in [-0.25, -0.2) is 9.78 Å². The van der Waals surface area contributed by atoms with Crippen molar-refractivity contribution in [2.75, 3.05) is 6.61 Å². The molecule has 0 saturated heterocycles. The Morgan fingerprint density at radius 1 is 1.39 bits per heavy atom. The molecule has 3 rings (SSSR count). The van der Waals surface area contributed by atoms with Crippen LogP contribution in [0.1, 0.15) is 10.4 Å². The number of aromatic amines is 1. The van der Waals surface area contributed by atoms with Crippen molar-refractivity contribution in [1.29, 1.82) is 0 Å². The lowest BCUT2D eigenvalue weighted by atomic mass is 10.2. The van der Waals surface area contributed by atoms with Crippen LogP contribution in [-0.2, 0) is 4.74 Å². The number of hydrogen-bond donors (Lipinski definition) is 1. The number of H-pyrrole nitrogens is 1. The van der Waals surface area contributed by atoms with Crippen LogP contribution in [0.15, 0.2) is 53.5 Å². The van der Waals surface area contributed by atoms with Gasteiger partial charge in [-0.15, -0.1) is 0 Å². The summed E-state index contributed by atoms with van der Waals surface area (Å²) >= 11 is 9.66. The Morgan fingerprint density at radius 3 is 2.91 bits per heavy atom. The molecule has 0 spiro atoms. The molecule has 1 heterocycles. The van der Waals surface area contributed by atoms with Gasteiger partial charge in [-0.05, 0) is 40.2 Å². The Morgan fingerprint density at radius 2 is 2.17 bits per heavy atom. The zero-order chi connectivity index (χ0) is 16.4. The summed E-state index contributed by atoms with van der Waals surface area (Å²) in [7, 11) is 0. The van der Waals surface area contributed by atoms with Crippen LogP contribution in [0, 0.1) is 0 Å². The number of fused-ring (bicyclic) bond motifs is 1. The zero-order valence-electron chi connectivity index (χ0n) is 12.0. The first kappa shape index (κ1) is 15.8. The number of ether oxygens (including phenoxy) is 1. The quantitative estimate of drug-likeness (QED) is 0.503. The summed E-state index contributed by atoms with van der Waals surface area (Å²) in [4.78, 5) is 19.7. The van der Waals surface area contributed by atoms with Crippen LogP contribution in [0.3, 0.4) is 0 Å². The molecule has 23 heavy (non-hydrogen) atoms. The highest BCUT2D eigenvalue weighted by molar-refractivity contribution is 9.10. The lowest BCUT2D eigenvalue weighted by molar-refractivity contribution is 0.0550. The molecule has 0 fully saturated rings. The van der Waals surface area contributed by atoms with Gasteiger partial charge in [-0.2, -0.15) is 0 Å². The summed E-state index contributed by atoms with van der Waals surface area (Å²) in [6.45, 7) is 3.69. The van der Waals surface area contributed by atoms with Crippen molar-refractivity contribution < 1.29 is 9.53 Å². The van der Waals surface area contributed by atoms with E-state index in [1.807, 2.05) is 18.2 Å². The summed E-state index contributed by atoms with van der Waals surface area (Å²) in [6, 6.07) is 10.8. The number of rotatable bonds is 4. The molecule has 0 amide bonds. The number of esters is 1. The van der Waals surface area contributed by atoms with Gasteiger partial charge in [0.15, 0.2) is 0 Å². The summed E-state index contributed by atoms with van der Waals surface area (Å²) in [5.41, 5.74) is 2.67. The number of hydrogen-bond acceptors (Lipinski definition) is 3. The molecule has 1 aromatic heterocycles. The van der Waals surface area contributed by atoms with Crippen LogP contribution in [-0.4, -0.2) is 22.5 Å². The number of imidazole rings is 1. The molecule has 0 bridgehead atoms. The highest BCUT2D eigenvalue weighted by Crippen LogP contribution is 2.30. The first-order valence-electron chi connectivity index (χ1n) is 6.82. The van der Waals surface area contributed by atoms with Crippen molar-refractivity contribution in [3.05, 3.63) is 64.1 Å². The molecular formula is C17H12BrClN2O2. The van der Waals surface area contributed by atoms with E-state index in [0.29, 0.717) is 20.9 Å². The zero-order valence-corrected chi connectivity index (χ0v) is 14.3. The maximum atomic E-state index is 12.0. The minimum absolute atomic E-state index is 0.169. The SMILES string of the molecule is C=CCOC(=O)c1cc(Br)c2nc(-c3ccccc3Cl)[nH]c2c1. The third kappa shape index (κ3) is 3.16. The fraction of sp³-hybridized carbons (Fsp3) is 0.0588. The van der Waals surface area contributed by atoms with Crippen molar-refractivity contribution in [2.45, 2.75) is 0 Å². The van der Waals surface area contributed by atoms with E-state index in [-0.39, 0.29) is 6.61 Å². The second-order valence-corrected chi connectivity index (χ2v) is 6.07. The van der Waals surface area contributed by atoms with Gasteiger partial charge in [0.05, 0.1) is 16.1 Å². The predicted molar refractivity (Wildman–Crippen MR) is 94.7 cm³/mol. The monoisotopic (exact) mass is 390 g/mol. The molecule has 6 heteroatoms. The van der Waals surface area contributed by atoms with Crippen LogP contribution < -0.4 is 0 Å².